The average molecular weight is 196 g/mol. The van der Waals surface area contributed by atoms with Crippen LogP contribution < -0.4 is 0 Å². The molecule has 1 atom stereocenters. The van der Waals surface area contributed by atoms with Crippen LogP contribution >= 0.6 is 11.8 Å². The first-order valence-corrected chi connectivity index (χ1v) is 4.91. The molecule has 0 saturated carbocycles. The highest BCUT2D eigenvalue weighted by Gasteiger charge is 2.27. The molecule has 1 heterocycles. The molecule has 1 aliphatic rings. The van der Waals surface area contributed by atoms with Crippen molar-refractivity contribution in [2.75, 3.05) is 5.75 Å². The number of benzene rings is 1. The normalized spacial score (nSPS) is 19.8. The number of carboxylic acid groups (broad SMARTS) is 1. The van der Waals surface area contributed by atoms with Crippen molar-refractivity contribution in [3.8, 4) is 5.75 Å². The molecule has 0 amide bonds. The highest BCUT2D eigenvalue weighted by molar-refractivity contribution is 8.06. The van der Waals surface area contributed by atoms with Crippen molar-refractivity contribution < 1.29 is 15.0 Å². The van der Waals surface area contributed by atoms with Crippen molar-refractivity contribution in [1.82, 2.24) is 0 Å². The Bertz CT molecular complexity index is 358. The summed E-state index contributed by atoms with van der Waals surface area (Å²) in [7, 11) is 0. The summed E-state index contributed by atoms with van der Waals surface area (Å²) >= 11 is 1.70. The zero-order chi connectivity index (χ0) is 9.42. The van der Waals surface area contributed by atoms with Crippen molar-refractivity contribution in [1.29, 1.82) is 0 Å². The third kappa shape index (κ3) is 1.62. The molecule has 4 heteroatoms. The molecule has 0 bridgehead atoms. The van der Waals surface area contributed by atoms with Gasteiger partial charge >= 0.3 is 5.97 Å². The molecule has 2 rings (SSSR count). The van der Waals surface area contributed by atoms with Crippen LogP contribution in [0.3, 0.4) is 0 Å². The number of aromatic carboxylic acids is 1. The van der Waals surface area contributed by atoms with Gasteiger partial charge in [0, 0.05) is 16.6 Å². The molecule has 1 unspecified atom stereocenters. The van der Waals surface area contributed by atoms with Crippen molar-refractivity contribution in [3.63, 3.8) is 0 Å². The van der Waals surface area contributed by atoms with E-state index in [1.165, 1.54) is 12.1 Å². The fourth-order valence-electron chi connectivity index (χ4n) is 1.17. The zero-order valence-corrected chi connectivity index (χ0v) is 7.54. The van der Waals surface area contributed by atoms with Crippen molar-refractivity contribution in [2.45, 2.75) is 5.25 Å². The summed E-state index contributed by atoms with van der Waals surface area (Å²) in [5, 5.41) is 18.4. The standard InChI is InChI=1S/C9H8O3S/c10-7-2-1-5(9(11)12)3-6(7)8-4-13-8/h1-3,8,10H,4H2,(H,11,12). The lowest BCUT2D eigenvalue weighted by Crippen LogP contribution is -1.96. The highest BCUT2D eigenvalue weighted by atomic mass is 32.2. The second-order valence-corrected chi connectivity index (χ2v) is 4.14. The molecule has 0 aromatic heterocycles. The molecule has 2 N–H and O–H groups in total. The van der Waals surface area contributed by atoms with Gasteiger partial charge in [0.25, 0.3) is 0 Å². The molecule has 0 aliphatic carbocycles. The van der Waals surface area contributed by atoms with Crippen LogP contribution in [0.1, 0.15) is 21.2 Å². The van der Waals surface area contributed by atoms with Crippen molar-refractivity contribution in [2.24, 2.45) is 0 Å². The maximum atomic E-state index is 10.6. The molecular weight excluding hydrogens is 188 g/mol. The van der Waals surface area contributed by atoms with Gasteiger partial charge in [0.2, 0.25) is 0 Å². The van der Waals surface area contributed by atoms with Gasteiger partial charge < -0.3 is 10.2 Å². The lowest BCUT2D eigenvalue weighted by atomic mass is 10.1. The van der Waals surface area contributed by atoms with E-state index in [0.717, 1.165) is 11.3 Å². The average Bonchev–Trinajstić information content (AvgIpc) is 2.87. The van der Waals surface area contributed by atoms with E-state index in [0.29, 0.717) is 5.25 Å². The van der Waals surface area contributed by atoms with Gasteiger partial charge in [-0.3, -0.25) is 0 Å². The van der Waals surface area contributed by atoms with Gasteiger partial charge in [-0.1, -0.05) is 0 Å². The van der Waals surface area contributed by atoms with Gasteiger partial charge in [-0.05, 0) is 18.2 Å². The molecule has 1 fully saturated rings. The fourth-order valence-corrected chi connectivity index (χ4v) is 1.82. The first-order chi connectivity index (χ1) is 6.18. The molecule has 0 radical (unpaired) electrons. The third-order valence-corrected chi connectivity index (χ3v) is 2.88. The lowest BCUT2D eigenvalue weighted by Gasteiger charge is -2.02. The second-order valence-electron chi connectivity index (χ2n) is 2.90. The Labute approximate surface area is 79.4 Å². The number of phenols is 1. The highest BCUT2D eigenvalue weighted by Crippen LogP contribution is 2.49. The van der Waals surface area contributed by atoms with Crippen LogP contribution in [0.25, 0.3) is 0 Å². The monoisotopic (exact) mass is 196 g/mol. The summed E-state index contributed by atoms with van der Waals surface area (Å²) in [6, 6.07) is 4.40. The van der Waals surface area contributed by atoms with Crippen LogP contribution in [0.2, 0.25) is 0 Å². The number of thioether (sulfide) groups is 1. The molecular formula is C9H8O3S. The van der Waals surface area contributed by atoms with E-state index >= 15 is 0 Å². The topological polar surface area (TPSA) is 57.5 Å². The maximum absolute atomic E-state index is 10.6. The molecule has 1 aliphatic heterocycles. The Morgan fingerprint density at radius 1 is 1.54 bits per heavy atom. The number of aromatic hydroxyl groups is 1. The summed E-state index contributed by atoms with van der Waals surface area (Å²) in [5.41, 5.74) is 0.977. The molecule has 13 heavy (non-hydrogen) atoms. The quantitative estimate of drug-likeness (QED) is 0.709. The molecule has 1 aromatic carbocycles. The number of carbonyl (C=O) groups is 1. The molecule has 1 saturated heterocycles. The van der Waals surface area contributed by atoms with Gasteiger partial charge in [0.05, 0.1) is 5.56 Å². The Hall–Kier alpha value is -1.16. The molecule has 68 valence electrons. The van der Waals surface area contributed by atoms with Gasteiger partial charge in [-0.15, -0.1) is 0 Å². The predicted molar refractivity (Wildman–Crippen MR) is 50.3 cm³/mol. The summed E-state index contributed by atoms with van der Waals surface area (Å²) in [6.07, 6.45) is 0. The Morgan fingerprint density at radius 3 is 2.77 bits per heavy atom. The fraction of sp³-hybridized carbons (Fsp3) is 0.222. The lowest BCUT2D eigenvalue weighted by molar-refractivity contribution is 0.0697. The number of phenolic OH excluding ortho intramolecular Hbond substituents is 1. The SMILES string of the molecule is O=C(O)c1ccc(O)c(C2CS2)c1. The number of carboxylic acids is 1. The largest absolute Gasteiger partial charge is 0.508 e. The minimum atomic E-state index is -0.952. The van der Waals surface area contributed by atoms with E-state index in [-0.39, 0.29) is 11.3 Å². The summed E-state index contributed by atoms with van der Waals surface area (Å²) in [6.45, 7) is 0. The summed E-state index contributed by atoms with van der Waals surface area (Å²) in [4.78, 5) is 10.6. The first-order valence-electron chi connectivity index (χ1n) is 3.86. The molecule has 1 aromatic rings. The van der Waals surface area contributed by atoms with Crippen LogP contribution in [0.4, 0.5) is 0 Å². The Balaban J connectivity index is 2.41. The second kappa shape index (κ2) is 2.96. The third-order valence-electron chi connectivity index (χ3n) is 1.95. The maximum Gasteiger partial charge on any atom is 0.335 e. The number of hydrogen-bond donors (Lipinski definition) is 2. The van der Waals surface area contributed by atoms with E-state index in [1.54, 1.807) is 17.8 Å². The minimum Gasteiger partial charge on any atom is -0.508 e. The smallest absolute Gasteiger partial charge is 0.335 e. The summed E-state index contributed by atoms with van der Waals surface area (Å²) < 4.78 is 0. The van der Waals surface area contributed by atoms with E-state index in [2.05, 4.69) is 0 Å². The Kier molecular flexibility index (Phi) is 1.92. The predicted octanol–water partition coefficient (Wildman–Crippen LogP) is 1.88. The van der Waals surface area contributed by atoms with Gasteiger partial charge in [-0.2, -0.15) is 11.8 Å². The van der Waals surface area contributed by atoms with Gasteiger partial charge in [0.15, 0.2) is 0 Å². The van der Waals surface area contributed by atoms with Crippen LogP contribution in [0, 0.1) is 0 Å². The van der Waals surface area contributed by atoms with Crippen molar-refractivity contribution >= 4 is 17.7 Å². The summed E-state index contributed by atoms with van der Waals surface area (Å²) in [5.74, 6) is 0.211. The van der Waals surface area contributed by atoms with Crippen LogP contribution in [0.5, 0.6) is 5.75 Å². The van der Waals surface area contributed by atoms with E-state index < -0.39 is 5.97 Å². The van der Waals surface area contributed by atoms with E-state index in [4.69, 9.17) is 5.11 Å². The van der Waals surface area contributed by atoms with E-state index in [1.807, 2.05) is 0 Å². The van der Waals surface area contributed by atoms with Crippen LogP contribution in [-0.2, 0) is 0 Å². The van der Waals surface area contributed by atoms with Gasteiger partial charge in [-0.25, -0.2) is 4.79 Å². The molecule has 3 nitrogen and oxygen atoms in total. The Morgan fingerprint density at radius 2 is 2.23 bits per heavy atom. The van der Waals surface area contributed by atoms with Gasteiger partial charge in [0.1, 0.15) is 5.75 Å². The molecule has 0 spiro atoms. The number of rotatable bonds is 2. The zero-order valence-electron chi connectivity index (χ0n) is 6.73. The minimum absolute atomic E-state index is 0.194. The first kappa shape index (κ1) is 8.44. The number of hydrogen-bond acceptors (Lipinski definition) is 3. The van der Waals surface area contributed by atoms with Crippen molar-refractivity contribution in [3.05, 3.63) is 29.3 Å². The van der Waals surface area contributed by atoms with Crippen LogP contribution in [-0.4, -0.2) is 21.9 Å². The van der Waals surface area contributed by atoms with Crippen LogP contribution in [0.15, 0.2) is 18.2 Å². The van der Waals surface area contributed by atoms with E-state index in [9.17, 15) is 9.90 Å².